The van der Waals surface area contributed by atoms with Crippen molar-refractivity contribution in [3.05, 3.63) is 124 Å². The summed E-state index contributed by atoms with van der Waals surface area (Å²) in [4.78, 5) is 52.9. The molecule has 0 fully saturated rings. The summed E-state index contributed by atoms with van der Waals surface area (Å²) in [6.45, 7) is 0. The third-order valence-corrected chi connectivity index (χ3v) is 6.31. The quantitative estimate of drug-likeness (QED) is 0.0791. The van der Waals surface area contributed by atoms with E-state index in [0.717, 1.165) is 5.56 Å². The number of hydrogen-bond donors (Lipinski definition) is 3. The van der Waals surface area contributed by atoms with Crippen molar-refractivity contribution in [2.45, 2.75) is 0 Å². The van der Waals surface area contributed by atoms with Crippen molar-refractivity contribution in [3.8, 4) is 39.9 Å². The van der Waals surface area contributed by atoms with Crippen LogP contribution in [0.3, 0.4) is 0 Å². The minimum atomic E-state index is -1.23. The zero-order valence-electron chi connectivity index (χ0n) is 25.6. The second kappa shape index (κ2) is 19.7. The number of benzene rings is 1. The molecule has 5 rings (SSSR count). The number of nitrogens with zero attached hydrogens (tertiary/aromatic N) is 6. The number of aromatic nitrogens is 4. The molecule has 0 bridgehead atoms. The van der Waals surface area contributed by atoms with Crippen LogP contribution in [0, 0.1) is 0 Å². The first-order valence-corrected chi connectivity index (χ1v) is 14.4. The number of carbonyl (C=O) groups is 3. The molecule has 0 saturated heterocycles. The molecule has 0 aliphatic carbocycles. The second-order valence-electron chi connectivity index (χ2n) is 9.36. The Morgan fingerprint density at radius 1 is 0.620 bits per heavy atom. The maximum Gasteiger partial charge on any atom is 2.00 e. The van der Waals surface area contributed by atoms with E-state index in [0.29, 0.717) is 17.0 Å². The summed E-state index contributed by atoms with van der Waals surface area (Å²) in [6.07, 6.45) is 6.34. The molecule has 0 radical (unpaired) electrons. The number of rotatable bonds is 9. The summed E-state index contributed by atoms with van der Waals surface area (Å²) in [7, 11) is 1.58. The molecule has 50 heavy (non-hydrogen) atoms. The summed E-state index contributed by atoms with van der Waals surface area (Å²) in [5, 5.41) is 45.7. The van der Waals surface area contributed by atoms with Gasteiger partial charge in [0.05, 0.1) is 58.0 Å². The van der Waals surface area contributed by atoms with Crippen LogP contribution in [0.5, 0.6) is 5.75 Å². The molecule has 3 N–H and O–H groups in total. The van der Waals surface area contributed by atoms with Gasteiger partial charge in [0, 0.05) is 12.4 Å². The minimum Gasteiger partial charge on any atom is -0.753 e. The molecule has 0 spiro atoms. The van der Waals surface area contributed by atoms with Crippen molar-refractivity contribution in [3.63, 3.8) is 0 Å². The van der Waals surface area contributed by atoms with Gasteiger partial charge in [0.25, 0.3) is 0 Å². The van der Waals surface area contributed by atoms with E-state index < -0.39 is 17.9 Å². The van der Waals surface area contributed by atoms with Crippen molar-refractivity contribution in [2.75, 3.05) is 7.11 Å². The molecule has 1 aromatic carbocycles. The summed E-state index contributed by atoms with van der Waals surface area (Å²) >= 11 is 7.40. The van der Waals surface area contributed by atoms with Crippen molar-refractivity contribution >= 4 is 64.8 Å². The van der Waals surface area contributed by atoms with Crippen molar-refractivity contribution in [1.82, 2.24) is 19.9 Å². The van der Waals surface area contributed by atoms with Crippen LogP contribution in [0.15, 0.2) is 85.2 Å². The monoisotopic (exact) mass is 792 g/mol. The summed E-state index contributed by atoms with van der Waals surface area (Å²) in [6, 6.07) is 18.8. The number of carboxylic acid groups (broad SMARTS) is 3. The largest absolute Gasteiger partial charge is 2.00 e. The minimum absolute atomic E-state index is 0. The van der Waals surface area contributed by atoms with Crippen LogP contribution < -0.4 is 4.74 Å². The van der Waals surface area contributed by atoms with Gasteiger partial charge in [0.15, 0.2) is 0 Å². The van der Waals surface area contributed by atoms with E-state index in [-0.39, 0.29) is 64.6 Å². The Morgan fingerprint density at radius 3 is 1.40 bits per heavy atom. The average Bonchev–Trinajstić information content (AvgIpc) is 3.11. The number of hydrogen-bond acceptors (Lipinski definition) is 10. The Bertz CT molecular complexity index is 2100. The van der Waals surface area contributed by atoms with Crippen LogP contribution in [0.4, 0.5) is 0 Å². The van der Waals surface area contributed by atoms with Crippen LogP contribution >= 0.6 is 24.4 Å². The van der Waals surface area contributed by atoms with Gasteiger partial charge in [0.1, 0.15) is 5.75 Å². The maximum absolute atomic E-state index is 12.1. The van der Waals surface area contributed by atoms with Gasteiger partial charge < -0.3 is 30.9 Å². The maximum atomic E-state index is 12.1. The number of pyridine rings is 4. The number of methoxy groups -OCH3 is 1. The normalized spacial score (nSPS) is 9.70. The molecule has 13 nitrogen and oxygen atoms in total. The van der Waals surface area contributed by atoms with Gasteiger partial charge >= 0.3 is 37.4 Å². The van der Waals surface area contributed by atoms with Gasteiger partial charge in [-0.3, -0.25) is 9.97 Å². The Kier molecular flexibility index (Phi) is 15.8. The van der Waals surface area contributed by atoms with Crippen molar-refractivity contribution < 1.29 is 53.9 Å². The van der Waals surface area contributed by atoms with Gasteiger partial charge in [-0.05, 0) is 71.8 Å². The molecule has 0 unspecified atom stereocenters. The fourth-order valence-corrected chi connectivity index (χ4v) is 4.14. The van der Waals surface area contributed by atoms with E-state index in [1.54, 1.807) is 19.2 Å². The molecule has 250 valence electrons. The fourth-order valence-electron chi connectivity index (χ4n) is 4.14. The van der Waals surface area contributed by atoms with E-state index in [2.05, 4.69) is 44.4 Å². The number of isothiocyanates is 2. The first-order chi connectivity index (χ1) is 23.5. The van der Waals surface area contributed by atoms with Crippen LogP contribution in [0.1, 0.15) is 42.2 Å². The Labute approximate surface area is 308 Å². The molecule has 0 aliphatic heterocycles. The van der Waals surface area contributed by atoms with Crippen molar-refractivity contribution in [2.24, 2.45) is 0 Å². The van der Waals surface area contributed by atoms with Crippen LogP contribution in [-0.4, -0.2) is 70.6 Å². The van der Waals surface area contributed by atoms with E-state index >= 15 is 0 Å². The number of aromatic carboxylic acids is 3. The Hall–Kier alpha value is -6.01. The van der Waals surface area contributed by atoms with E-state index in [1.165, 1.54) is 59.1 Å². The molecule has 5 aromatic rings. The number of carboxylic acids is 3. The number of ether oxygens (including phenoxy) is 1. The Balaban J connectivity index is 0.00000116. The molecular weight excluding hydrogens is 770 g/mol. The van der Waals surface area contributed by atoms with Gasteiger partial charge in [-0.25, -0.2) is 24.4 Å². The van der Waals surface area contributed by atoms with E-state index in [4.69, 9.17) is 15.6 Å². The molecule has 0 amide bonds. The van der Waals surface area contributed by atoms with Crippen LogP contribution in [0.2, 0.25) is 0 Å². The molecule has 4 aromatic heterocycles. The topological polar surface area (TPSA) is 217 Å². The third kappa shape index (κ3) is 11.3. The molecule has 0 atom stereocenters. The zero-order chi connectivity index (χ0) is 35.9. The second-order valence-corrected chi connectivity index (χ2v) is 9.73. The number of thiocarbonyl (C=S) groups is 2. The first kappa shape index (κ1) is 40.2. The SMILES string of the molecule is COc1ccc(/C=C/c2cc(-c3cc(C(=O)O)ccn3)nc(-c3cc(C(=O)O)cc(-c4cc(C(=O)O)ccn4)n3)c2)cc1.[N-]=C=S.[N-]=C=S.[Ru+2]. The van der Waals surface area contributed by atoms with E-state index in [9.17, 15) is 29.7 Å². The van der Waals surface area contributed by atoms with Crippen molar-refractivity contribution in [1.29, 1.82) is 0 Å². The fraction of sp³-hybridized carbons (Fsp3) is 0.0294. The van der Waals surface area contributed by atoms with E-state index in [1.807, 2.05) is 36.4 Å². The molecule has 4 heterocycles. The predicted molar refractivity (Wildman–Crippen MR) is 189 cm³/mol. The van der Waals surface area contributed by atoms with Crippen LogP contribution in [-0.2, 0) is 19.5 Å². The average molecular weight is 792 g/mol. The van der Waals surface area contributed by atoms with Gasteiger partial charge in [-0.1, -0.05) is 48.7 Å². The predicted octanol–water partition coefficient (Wildman–Crippen LogP) is 6.86. The molecule has 0 saturated carbocycles. The zero-order valence-corrected chi connectivity index (χ0v) is 28.9. The first-order valence-electron chi connectivity index (χ1n) is 13.5. The Morgan fingerprint density at radius 2 is 0.980 bits per heavy atom. The summed E-state index contributed by atoms with van der Waals surface area (Å²) < 4.78 is 5.21. The molecular formula is C34H22N6O7RuS2. The van der Waals surface area contributed by atoms with Gasteiger partial charge in [-0.2, -0.15) is 10.3 Å². The smallest absolute Gasteiger partial charge is 0.753 e. The van der Waals surface area contributed by atoms with Crippen LogP contribution in [0.25, 0.3) is 57.1 Å². The molecule has 16 heteroatoms. The van der Waals surface area contributed by atoms with Gasteiger partial charge in [0.2, 0.25) is 0 Å². The van der Waals surface area contributed by atoms with Gasteiger partial charge in [-0.15, -0.1) is 0 Å². The molecule has 0 aliphatic rings. The standard InChI is InChI=1S/C32H22N4O7.2CNS.Ru/c1-43-23-6-4-18(5-7-23)2-3-19-12-26(24-14-20(30(37)38)8-10-33-24)35-27(13-19)29-17-22(32(41)42)16-28(36-29)25-15-21(31(39)40)9-11-34-25;2*2-1-3;/h2-17H,1H3,(H,37,38)(H,39,40)(H,41,42);;;/q;2*-1;+2/b3-2+;;;. The summed E-state index contributed by atoms with van der Waals surface area (Å²) in [5.41, 5.74) is 2.74. The third-order valence-electron chi connectivity index (χ3n) is 6.31. The summed E-state index contributed by atoms with van der Waals surface area (Å²) in [5.74, 6) is -2.82.